The average molecular weight is 261 g/mol. The Balaban J connectivity index is 2.71. The van der Waals surface area contributed by atoms with E-state index < -0.39 is 41.4 Å². The van der Waals surface area contributed by atoms with Crippen LogP contribution in [0.25, 0.3) is 0 Å². The number of esters is 1. The maximum absolute atomic E-state index is 13.2. The van der Waals surface area contributed by atoms with Crippen LogP contribution in [0.3, 0.4) is 0 Å². The molecular weight excluding hydrogens is 251 g/mol. The van der Waals surface area contributed by atoms with Crippen LogP contribution in [0.15, 0.2) is 12.1 Å². The first-order valence-corrected chi connectivity index (χ1v) is 5.04. The summed E-state index contributed by atoms with van der Waals surface area (Å²) in [7, 11) is 0. The van der Waals surface area contributed by atoms with Gasteiger partial charge in [-0.2, -0.15) is 0 Å². The molecule has 7 heteroatoms. The van der Waals surface area contributed by atoms with Crippen molar-refractivity contribution >= 4 is 17.6 Å². The zero-order valence-electron chi connectivity index (χ0n) is 9.43. The summed E-state index contributed by atoms with van der Waals surface area (Å²) in [5.41, 5.74) is -0.539. The third kappa shape index (κ3) is 3.47. The molecule has 0 aliphatic heterocycles. The lowest BCUT2D eigenvalue weighted by atomic mass is 10.2. The second-order valence-corrected chi connectivity index (χ2v) is 3.25. The number of hydrogen-bond acceptors (Lipinski definition) is 3. The fourth-order valence-corrected chi connectivity index (χ4v) is 1.16. The Kier molecular flexibility index (Phi) is 4.70. The fraction of sp³-hybridized carbons (Fsp3) is 0.273. The van der Waals surface area contributed by atoms with Crippen molar-refractivity contribution in [3.05, 3.63) is 29.6 Å². The van der Waals surface area contributed by atoms with Gasteiger partial charge in [0.25, 0.3) is 0 Å². The molecule has 1 aromatic carbocycles. The maximum atomic E-state index is 13.2. The minimum atomic E-state index is -1.69. The topological polar surface area (TPSA) is 55.4 Å². The molecule has 0 radical (unpaired) electrons. The van der Waals surface area contributed by atoms with Gasteiger partial charge in [0, 0.05) is 0 Å². The van der Waals surface area contributed by atoms with E-state index in [1.165, 1.54) is 0 Å². The SMILES string of the molecule is CCOC(=O)CC(=O)Nc1ccc(F)c(F)c1F. The quantitative estimate of drug-likeness (QED) is 0.512. The number of amides is 1. The summed E-state index contributed by atoms with van der Waals surface area (Å²) in [6.07, 6.45) is -0.633. The molecule has 0 saturated heterocycles. The highest BCUT2D eigenvalue weighted by atomic mass is 19.2. The lowest BCUT2D eigenvalue weighted by Gasteiger charge is -2.07. The summed E-state index contributed by atoms with van der Waals surface area (Å²) in [5, 5.41) is 1.95. The van der Waals surface area contributed by atoms with Crippen LogP contribution in [0.4, 0.5) is 18.9 Å². The van der Waals surface area contributed by atoms with Crippen molar-refractivity contribution in [2.45, 2.75) is 13.3 Å². The molecule has 0 saturated carbocycles. The van der Waals surface area contributed by atoms with E-state index in [4.69, 9.17) is 0 Å². The van der Waals surface area contributed by atoms with Gasteiger partial charge in [0.2, 0.25) is 5.91 Å². The van der Waals surface area contributed by atoms with E-state index in [2.05, 4.69) is 4.74 Å². The molecule has 0 aliphatic rings. The fourth-order valence-electron chi connectivity index (χ4n) is 1.16. The van der Waals surface area contributed by atoms with E-state index in [-0.39, 0.29) is 6.61 Å². The van der Waals surface area contributed by atoms with Crippen LogP contribution < -0.4 is 5.32 Å². The third-order valence-electron chi connectivity index (χ3n) is 1.92. The number of halogens is 3. The third-order valence-corrected chi connectivity index (χ3v) is 1.92. The molecular formula is C11H10F3NO3. The molecule has 0 spiro atoms. The van der Waals surface area contributed by atoms with Crippen LogP contribution in [-0.4, -0.2) is 18.5 Å². The van der Waals surface area contributed by atoms with E-state index in [1.807, 2.05) is 5.32 Å². The Hall–Kier alpha value is -2.05. The Morgan fingerprint density at radius 3 is 2.50 bits per heavy atom. The molecule has 18 heavy (non-hydrogen) atoms. The largest absolute Gasteiger partial charge is 0.466 e. The predicted octanol–water partition coefficient (Wildman–Crippen LogP) is 2.00. The van der Waals surface area contributed by atoms with Crippen LogP contribution in [-0.2, 0) is 14.3 Å². The highest BCUT2D eigenvalue weighted by Gasteiger charge is 2.16. The Morgan fingerprint density at radius 2 is 1.89 bits per heavy atom. The van der Waals surface area contributed by atoms with Crippen LogP contribution in [0.5, 0.6) is 0 Å². The predicted molar refractivity (Wildman–Crippen MR) is 56.2 cm³/mol. The molecule has 1 N–H and O–H groups in total. The van der Waals surface area contributed by atoms with Gasteiger partial charge in [-0.3, -0.25) is 9.59 Å². The van der Waals surface area contributed by atoms with Gasteiger partial charge in [-0.1, -0.05) is 0 Å². The first-order valence-electron chi connectivity index (χ1n) is 5.04. The van der Waals surface area contributed by atoms with E-state index in [9.17, 15) is 22.8 Å². The van der Waals surface area contributed by atoms with Crippen molar-refractivity contribution in [1.29, 1.82) is 0 Å². The normalized spacial score (nSPS) is 10.0. The number of rotatable bonds is 4. The van der Waals surface area contributed by atoms with E-state index >= 15 is 0 Å². The van der Waals surface area contributed by atoms with Gasteiger partial charge in [0.1, 0.15) is 6.42 Å². The number of nitrogens with one attached hydrogen (secondary N) is 1. The van der Waals surface area contributed by atoms with E-state index in [0.29, 0.717) is 6.07 Å². The van der Waals surface area contributed by atoms with Gasteiger partial charge in [0.05, 0.1) is 12.3 Å². The summed E-state index contributed by atoms with van der Waals surface area (Å²) in [4.78, 5) is 22.2. The Morgan fingerprint density at radius 1 is 1.22 bits per heavy atom. The van der Waals surface area contributed by atoms with Crippen LogP contribution in [0, 0.1) is 17.5 Å². The smallest absolute Gasteiger partial charge is 0.315 e. The van der Waals surface area contributed by atoms with Crippen molar-refractivity contribution in [2.75, 3.05) is 11.9 Å². The highest BCUT2D eigenvalue weighted by molar-refractivity contribution is 6.01. The minimum absolute atomic E-state index is 0.103. The molecule has 0 fully saturated rings. The number of benzene rings is 1. The Bertz CT molecular complexity index is 477. The zero-order valence-corrected chi connectivity index (χ0v) is 9.43. The van der Waals surface area contributed by atoms with Crippen LogP contribution in [0.2, 0.25) is 0 Å². The summed E-state index contributed by atoms with van der Waals surface area (Å²) < 4.78 is 43.1. The van der Waals surface area contributed by atoms with Crippen molar-refractivity contribution < 1.29 is 27.5 Å². The number of hydrogen-bond donors (Lipinski definition) is 1. The van der Waals surface area contributed by atoms with Gasteiger partial charge in [-0.25, -0.2) is 13.2 Å². The summed E-state index contributed by atoms with van der Waals surface area (Å²) in [6.45, 7) is 1.66. The lowest BCUT2D eigenvalue weighted by Crippen LogP contribution is -2.19. The molecule has 1 aromatic rings. The molecule has 0 bridgehead atoms. The van der Waals surface area contributed by atoms with Crippen molar-refractivity contribution in [3.8, 4) is 0 Å². The number of carbonyl (C=O) groups is 2. The van der Waals surface area contributed by atoms with Crippen molar-refractivity contribution in [2.24, 2.45) is 0 Å². The summed E-state index contributed by atoms with van der Waals surface area (Å²) in [5.74, 6) is -6.25. The summed E-state index contributed by atoms with van der Waals surface area (Å²) >= 11 is 0. The van der Waals surface area contributed by atoms with Gasteiger partial charge in [0.15, 0.2) is 17.5 Å². The number of anilines is 1. The van der Waals surface area contributed by atoms with Crippen LogP contribution in [0.1, 0.15) is 13.3 Å². The average Bonchev–Trinajstić information content (AvgIpc) is 2.30. The zero-order chi connectivity index (χ0) is 13.7. The van der Waals surface area contributed by atoms with Crippen molar-refractivity contribution in [1.82, 2.24) is 0 Å². The van der Waals surface area contributed by atoms with E-state index in [0.717, 1.165) is 6.07 Å². The van der Waals surface area contributed by atoms with E-state index in [1.54, 1.807) is 6.92 Å². The molecule has 0 heterocycles. The molecule has 0 aliphatic carbocycles. The second-order valence-electron chi connectivity index (χ2n) is 3.25. The first kappa shape index (κ1) is 14.0. The minimum Gasteiger partial charge on any atom is -0.466 e. The monoisotopic (exact) mass is 261 g/mol. The molecule has 0 unspecified atom stereocenters. The molecule has 0 atom stereocenters. The Labute approximate surface area is 101 Å². The standard InChI is InChI=1S/C11H10F3NO3/c1-2-18-9(17)5-8(16)15-7-4-3-6(12)10(13)11(7)14/h3-4H,2,5H2,1H3,(H,15,16). The summed E-state index contributed by atoms with van der Waals surface area (Å²) in [6, 6.07) is 1.52. The lowest BCUT2D eigenvalue weighted by molar-refractivity contribution is -0.145. The van der Waals surface area contributed by atoms with Gasteiger partial charge in [-0.15, -0.1) is 0 Å². The molecule has 1 rings (SSSR count). The molecule has 4 nitrogen and oxygen atoms in total. The number of ether oxygens (including phenoxy) is 1. The molecule has 98 valence electrons. The maximum Gasteiger partial charge on any atom is 0.315 e. The van der Waals surface area contributed by atoms with Gasteiger partial charge >= 0.3 is 5.97 Å². The number of carbonyl (C=O) groups excluding carboxylic acids is 2. The van der Waals surface area contributed by atoms with Crippen molar-refractivity contribution in [3.63, 3.8) is 0 Å². The van der Waals surface area contributed by atoms with Crippen LogP contribution >= 0.6 is 0 Å². The van der Waals surface area contributed by atoms with Gasteiger partial charge < -0.3 is 10.1 Å². The highest BCUT2D eigenvalue weighted by Crippen LogP contribution is 2.19. The molecule has 0 aromatic heterocycles. The molecule has 1 amide bonds. The van der Waals surface area contributed by atoms with Gasteiger partial charge in [-0.05, 0) is 19.1 Å². The second kappa shape index (κ2) is 6.04. The first-order chi connectivity index (χ1) is 8.45.